The molecule has 0 spiro atoms. The van der Waals surface area contributed by atoms with E-state index >= 15 is 0 Å². The summed E-state index contributed by atoms with van der Waals surface area (Å²) in [5.41, 5.74) is 2.68. The van der Waals surface area contributed by atoms with Gasteiger partial charge in [0.05, 0.1) is 10.6 Å². The average Bonchev–Trinajstić information content (AvgIpc) is 3.37. The van der Waals surface area contributed by atoms with Crippen LogP contribution >= 0.6 is 0 Å². The van der Waals surface area contributed by atoms with Crippen LogP contribution in [0.5, 0.6) is 0 Å². The molecule has 0 aliphatic carbocycles. The van der Waals surface area contributed by atoms with E-state index in [2.05, 4.69) is 0 Å². The van der Waals surface area contributed by atoms with Gasteiger partial charge in [-0.2, -0.15) is 14.7 Å². The van der Waals surface area contributed by atoms with E-state index in [0.29, 0.717) is 29.9 Å². The van der Waals surface area contributed by atoms with Gasteiger partial charge in [-0.3, -0.25) is 14.5 Å². The largest absolute Gasteiger partial charge is 0.274 e. The highest BCUT2D eigenvalue weighted by molar-refractivity contribution is 7.89. The SMILES string of the molecule is CCN1C(=O)C(C#N)=C(C)/C(=C\c2cn(-c3ccccc3)nc2-c2cccc(S(=O)(=O)N(CC)CC)c2)C1=O. The molecule has 0 saturated heterocycles. The van der Waals surface area contributed by atoms with Crippen molar-refractivity contribution in [3.05, 3.63) is 83.1 Å². The number of aromatic nitrogens is 2. The third-order valence-electron chi connectivity index (χ3n) is 6.66. The Hall–Kier alpha value is -4.33. The van der Waals surface area contributed by atoms with Gasteiger partial charge in [0.25, 0.3) is 11.8 Å². The van der Waals surface area contributed by atoms with Gasteiger partial charge in [0.15, 0.2) is 0 Å². The van der Waals surface area contributed by atoms with Crippen molar-refractivity contribution >= 4 is 27.9 Å². The van der Waals surface area contributed by atoms with Gasteiger partial charge in [-0.05, 0) is 49.8 Å². The number of likely N-dealkylation sites (N-methyl/N-ethyl adjacent to an activating group) is 1. The number of amides is 2. The number of hydrogen-bond acceptors (Lipinski definition) is 6. The van der Waals surface area contributed by atoms with Crippen LogP contribution in [0.25, 0.3) is 23.0 Å². The fourth-order valence-corrected chi connectivity index (χ4v) is 6.02. The van der Waals surface area contributed by atoms with E-state index in [1.54, 1.807) is 68.9 Å². The van der Waals surface area contributed by atoms with Gasteiger partial charge in [-0.15, -0.1) is 0 Å². The van der Waals surface area contributed by atoms with Gasteiger partial charge in [0.2, 0.25) is 10.0 Å². The lowest BCUT2D eigenvalue weighted by molar-refractivity contribution is -0.140. The number of benzene rings is 2. The van der Waals surface area contributed by atoms with Crippen molar-refractivity contribution in [2.75, 3.05) is 19.6 Å². The molecule has 200 valence electrons. The molecule has 0 N–H and O–H groups in total. The van der Waals surface area contributed by atoms with Gasteiger partial charge < -0.3 is 0 Å². The molecule has 3 aromatic rings. The van der Waals surface area contributed by atoms with Crippen molar-refractivity contribution in [3.63, 3.8) is 0 Å². The van der Waals surface area contributed by atoms with E-state index < -0.39 is 21.8 Å². The van der Waals surface area contributed by atoms with E-state index in [1.807, 2.05) is 36.4 Å². The lowest BCUT2D eigenvalue weighted by atomic mass is 9.93. The number of carbonyl (C=O) groups is 2. The number of sulfonamides is 1. The Kier molecular flexibility index (Phi) is 7.95. The van der Waals surface area contributed by atoms with Gasteiger partial charge >= 0.3 is 0 Å². The summed E-state index contributed by atoms with van der Waals surface area (Å²) in [4.78, 5) is 27.1. The number of para-hydroxylation sites is 1. The maximum absolute atomic E-state index is 13.3. The molecule has 10 heteroatoms. The zero-order valence-corrected chi connectivity index (χ0v) is 23.1. The van der Waals surface area contributed by atoms with Crippen LogP contribution in [0.1, 0.15) is 33.3 Å². The molecule has 0 fully saturated rings. The number of nitrogens with zero attached hydrogens (tertiary/aromatic N) is 5. The summed E-state index contributed by atoms with van der Waals surface area (Å²) >= 11 is 0. The molecular formula is C29H29N5O4S. The Labute approximate surface area is 228 Å². The predicted molar refractivity (Wildman–Crippen MR) is 148 cm³/mol. The molecule has 0 radical (unpaired) electrons. The molecule has 1 aliphatic rings. The number of hydrogen-bond donors (Lipinski definition) is 0. The van der Waals surface area contributed by atoms with Crippen molar-refractivity contribution in [2.45, 2.75) is 32.6 Å². The highest BCUT2D eigenvalue weighted by Gasteiger charge is 2.34. The molecule has 9 nitrogen and oxygen atoms in total. The van der Waals surface area contributed by atoms with Crippen molar-refractivity contribution in [1.29, 1.82) is 5.26 Å². The highest BCUT2D eigenvalue weighted by Crippen LogP contribution is 2.32. The molecule has 39 heavy (non-hydrogen) atoms. The van der Waals surface area contributed by atoms with Crippen LogP contribution in [0, 0.1) is 11.3 Å². The van der Waals surface area contributed by atoms with E-state index in [-0.39, 0.29) is 28.2 Å². The first-order valence-electron chi connectivity index (χ1n) is 12.6. The normalized spacial score (nSPS) is 15.4. The fourth-order valence-electron chi connectivity index (χ4n) is 4.52. The smallest absolute Gasteiger partial charge is 0.271 e. The van der Waals surface area contributed by atoms with Crippen LogP contribution in [0.15, 0.2) is 82.4 Å². The molecule has 0 bridgehead atoms. The van der Waals surface area contributed by atoms with E-state index in [9.17, 15) is 23.3 Å². The first kappa shape index (κ1) is 27.7. The Morgan fingerprint density at radius 2 is 1.69 bits per heavy atom. The first-order valence-corrected chi connectivity index (χ1v) is 14.1. The minimum atomic E-state index is -3.72. The summed E-state index contributed by atoms with van der Waals surface area (Å²) in [6, 6.07) is 17.8. The molecule has 0 unspecified atom stereocenters. The lowest BCUT2D eigenvalue weighted by Gasteiger charge is -2.26. The van der Waals surface area contributed by atoms with Crippen LogP contribution in [0.4, 0.5) is 0 Å². The third-order valence-corrected chi connectivity index (χ3v) is 8.70. The Bertz CT molecular complexity index is 1640. The van der Waals surface area contributed by atoms with Crippen LogP contribution < -0.4 is 0 Å². The summed E-state index contributed by atoms with van der Waals surface area (Å²) in [5, 5.41) is 14.4. The number of imide groups is 1. The van der Waals surface area contributed by atoms with Crippen LogP contribution in [0.3, 0.4) is 0 Å². The van der Waals surface area contributed by atoms with Crippen LogP contribution in [-0.2, 0) is 19.6 Å². The number of carbonyl (C=O) groups excluding carboxylic acids is 2. The van der Waals surface area contributed by atoms with Crippen LogP contribution in [0.2, 0.25) is 0 Å². The Morgan fingerprint density at radius 3 is 2.31 bits per heavy atom. The predicted octanol–water partition coefficient (Wildman–Crippen LogP) is 4.18. The quantitative estimate of drug-likeness (QED) is 0.311. The standard InChI is InChI=1S/C29H29N5O4S/c1-5-32(6-2)39(37,38)24-15-11-12-21(16-24)27-22(19-34(31-27)23-13-9-8-10-14-23)17-25-20(4)26(18-30)29(36)33(7-3)28(25)35/h8-17,19H,5-7H2,1-4H3/b25-17+. The molecular weight excluding hydrogens is 514 g/mol. The lowest BCUT2D eigenvalue weighted by Crippen LogP contribution is -2.42. The summed E-state index contributed by atoms with van der Waals surface area (Å²) in [7, 11) is -3.72. The van der Waals surface area contributed by atoms with Crippen LogP contribution in [-0.4, -0.2) is 58.9 Å². The van der Waals surface area contributed by atoms with Crippen molar-refractivity contribution in [2.24, 2.45) is 0 Å². The van der Waals surface area contributed by atoms with Crippen molar-refractivity contribution < 1.29 is 18.0 Å². The molecule has 2 heterocycles. The zero-order chi connectivity index (χ0) is 28.3. The molecule has 4 rings (SSSR count). The second-order valence-electron chi connectivity index (χ2n) is 8.85. The maximum atomic E-state index is 13.3. The van der Waals surface area contributed by atoms with Gasteiger partial charge in [-0.1, -0.05) is 44.2 Å². The zero-order valence-electron chi connectivity index (χ0n) is 22.2. The van der Waals surface area contributed by atoms with E-state index in [0.717, 1.165) is 10.6 Å². The maximum Gasteiger partial charge on any atom is 0.271 e. The fraction of sp³-hybridized carbons (Fsp3) is 0.241. The number of rotatable bonds is 8. The molecule has 1 aliphatic heterocycles. The minimum Gasteiger partial charge on any atom is -0.274 e. The van der Waals surface area contributed by atoms with Gasteiger partial charge in [0, 0.05) is 42.5 Å². The Morgan fingerprint density at radius 1 is 1.00 bits per heavy atom. The highest BCUT2D eigenvalue weighted by atomic mass is 32.2. The third kappa shape index (κ3) is 5.06. The topological polar surface area (TPSA) is 116 Å². The Balaban J connectivity index is 1.95. The van der Waals surface area contributed by atoms with Gasteiger partial charge in [0.1, 0.15) is 17.3 Å². The van der Waals surface area contributed by atoms with E-state index in [1.165, 1.54) is 4.31 Å². The molecule has 2 aromatic carbocycles. The summed E-state index contributed by atoms with van der Waals surface area (Å²) in [5.74, 6) is -1.12. The van der Waals surface area contributed by atoms with Crippen molar-refractivity contribution in [3.8, 4) is 23.0 Å². The van der Waals surface area contributed by atoms with Gasteiger partial charge in [-0.25, -0.2) is 13.1 Å². The molecule has 2 amide bonds. The minimum absolute atomic E-state index is 0.0907. The van der Waals surface area contributed by atoms with Crippen molar-refractivity contribution in [1.82, 2.24) is 19.0 Å². The first-order chi connectivity index (χ1) is 18.7. The molecule has 0 saturated carbocycles. The average molecular weight is 544 g/mol. The monoisotopic (exact) mass is 543 g/mol. The summed E-state index contributed by atoms with van der Waals surface area (Å²) in [6.07, 6.45) is 3.35. The number of nitriles is 1. The second kappa shape index (κ2) is 11.2. The summed E-state index contributed by atoms with van der Waals surface area (Å²) < 4.78 is 29.5. The second-order valence-corrected chi connectivity index (χ2v) is 10.8. The van der Waals surface area contributed by atoms with E-state index in [4.69, 9.17) is 5.10 Å². The molecule has 0 atom stereocenters. The summed E-state index contributed by atoms with van der Waals surface area (Å²) in [6.45, 7) is 7.61. The molecule has 1 aromatic heterocycles.